The van der Waals surface area contributed by atoms with Crippen molar-refractivity contribution >= 4 is 0 Å². The maximum absolute atomic E-state index is 12.8. The van der Waals surface area contributed by atoms with Gasteiger partial charge in [0.2, 0.25) is 17.1 Å². The first kappa shape index (κ1) is 47.0. The van der Waals surface area contributed by atoms with Crippen LogP contribution in [0, 0.1) is 0 Å². The summed E-state index contributed by atoms with van der Waals surface area (Å²) < 4.78 is 30.7. The van der Waals surface area contributed by atoms with Gasteiger partial charge in [0, 0.05) is 46.5 Å². The summed E-state index contributed by atoms with van der Waals surface area (Å²) >= 11 is 0. The van der Waals surface area contributed by atoms with E-state index < -0.39 is 24.4 Å². The predicted octanol–water partition coefficient (Wildman–Crippen LogP) is 14.8. The van der Waals surface area contributed by atoms with Crippen molar-refractivity contribution in [3.8, 4) is 45.1 Å². The van der Waals surface area contributed by atoms with Crippen molar-refractivity contribution < 1.29 is 28.6 Å². The second-order valence-electron chi connectivity index (χ2n) is 18.3. The number of aromatic nitrogens is 2. The van der Waals surface area contributed by atoms with Crippen molar-refractivity contribution in [3.63, 3.8) is 0 Å². The fourth-order valence-electron chi connectivity index (χ4n) is 9.81. The molecule has 0 aliphatic carbocycles. The molecule has 358 valence electrons. The Bertz CT molecular complexity index is 3170. The molecule has 0 radical (unpaired) electrons. The molecule has 0 fully saturated rings. The zero-order valence-corrected chi connectivity index (χ0v) is 40.4. The molecule has 1 aliphatic rings. The standard InChI is InChI=1S/C66H54N2O5/c69-62-55-39-59(68-60(48-25-10-2-11-26-48)41-54(47-23-8-1-9-24-47)42-61(68)49-27-12-3-13-28-49)40-56(62)44-71-64(51-31-16-5-17-32-51)66(53-35-20-7-21-36-53)73-46-58-38-22-37-57(67-58)45-72-65(52-33-18-6-19-34-52)63(70-43-55)50-29-14-4-15-30-50/h1-42,63-66H,43-46H2/p+1/t63-,64-,65-,66-/m1/s1. The van der Waals surface area contributed by atoms with Gasteiger partial charge in [-0.15, -0.1) is 0 Å². The minimum atomic E-state index is -0.594. The van der Waals surface area contributed by atoms with E-state index in [-0.39, 0.29) is 32.2 Å². The van der Waals surface area contributed by atoms with Crippen molar-refractivity contribution in [3.05, 3.63) is 300 Å². The summed E-state index contributed by atoms with van der Waals surface area (Å²) in [6.07, 6.45) is -2.30. The minimum Gasteiger partial charge on any atom is -0.507 e. The van der Waals surface area contributed by atoms with Crippen LogP contribution in [0.4, 0.5) is 0 Å². The number of pyridine rings is 2. The first-order valence-corrected chi connectivity index (χ1v) is 24.9. The summed E-state index contributed by atoms with van der Waals surface area (Å²) in [7, 11) is 0. The van der Waals surface area contributed by atoms with Crippen LogP contribution in [0.5, 0.6) is 5.75 Å². The van der Waals surface area contributed by atoms with E-state index >= 15 is 0 Å². The lowest BCUT2D eigenvalue weighted by Crippen LogP contribution is -2.37. The van der Waals surface area contributed by atoms with E-state index in [2.05, 4.69) is 150 Å². The van der Waals surface area contributed by atoms with Crippen molar-refractivity contribution in [2.45, 2.75) is 50.8 Å². The van der Waals surface area contributed by atoms with E-state index in [4.69, 9.17) is 23.9 Å². The Labute approximate surface area is 427 Å². The molecule has 8 aromatic carbocycles. The van der Waals surface area contributed by atoms with Crippen LogP contribution >= 0.6 is 0 Å². The third-order valence-corrected chi connectivity index (χ3v) is 13.4. The Morgan fingerprint density at radius 2 is 0.644 bits per heavy atom. The molecule has 3 heterocycles. The number of hydrogen-bond donors (Lipinski definition) is 1. The Morgan fingerprint density at radius 1 is 0.329 bits per heavy atom. The maximum Gasteiger partial charge on any atom is 0.219 e. The van der Waals surface area contributed by atoms with Gasteiger partial charge in [-0.3, -0.25) is 4.98 Å². The molecule has 1 N–H and O–H groups in total. The van der Waals surface area contributed by atoms with E-state index in [0.717, 1.165) is 73.0 Å². The second kappa shape index (κ2) is 22.4. The van der Waals surface area contributed by atoms with Crippen LogP contribution in [-0.2, 0) is 45.4 Å². The fraction of sp³-hybridized carbons (Fsp3) is 0.121. The molecule has 7 heteroatoms. The Hall–Kier alpha value is -8.30. The molecule has 2 aromatic heterocycles. The second-order valence-corrected chi connectivity index (χ2v) is 18.3. The lowest BCUT2D eigenvalue weighted by atomic mass is 9.97. The molecule has 11 rings (SSSR count). The molecule has 4 atom stereocenters. The van der Waals surface area contributed by atoms with E-state index in [1.807, 2.05) is 109 Å². The summed E-state index contributed by atoms with van der Waals surface area (Å²) in [4.78, 5) is 5.07. The summed E-state index contributed by atoms with van der Waals surface area (Å²) in [5.41, 5.74) is 13.4. The van der Waals surface area contributed by atoms with Crippen LogP contribution in [0.15, 0.2) is 255 Å². The van der Waals surface area contributed by atoms with Gasteiger partial charge in [0.1, 0.15) is 30.2 Å². The summed E-state index contributed by atoms with van der Waals surface area (Å²) in [5, 5.41) is 12.8. The number of ether oxygens (including phenoxy) is 4. The van der Waals surface area contributed by atoms with Crippen LogP contribution in [0.25, 0.3) is 39.3 Å². The zero-order chi connectivity index (χ0) is 49.2. The SMILES string of the molecule is Oc1c2cc(-[n+]3c(-c4ccccc4)cc(-c4ccccc4)cc3-c3ccccc3)cc1CO[C@H](c1ccccc1)[C@@H](c1ccccc1)OCc1cccc(n1)CO[C@H](c1ccccc1)[C@@H](c1ccccc1)OC2. The van der Waals surface area contributed by atoms with Crippen LogP contribution in [0.2, 0.25) is 0 Å². The van der Waals surface area contributed by atoms with Gasteiger partial charge in [-0.05, 0) is 69.8 Å². The van der Waals surface area contributed by atoms with Gasteiger partial charge < -0.3 is 24.1 Å². The summed E-state index contributed by atoms with van der Waals surface area (Å²) in [6, 6.07) is 86.7. The number of benzene rings is 8. The van der Waals surface area contributed by atoms with Crippen LogP contribution in [0.3, 0.4) is 0 Å². The molecular formula is C66H55N2O5+. The first-order chi connectivity index (χ1) is 36.1. The summed E-state index contributed by atoms with van der Waals surface area (Å²) in [5.74, 6) is 0.0843. The molecule has 7 nitrogen and oxygen atoms in total. The monoisotopic (exact) mass is 955 g/mol. The highest BCUT2D eigenvalue weighted by Crippen LogP contribution is 2.41. The molecule has 10 aromatic rings. The molecule has 0 saturated heterocycles. The molecule has 0 amide bonds. The molecular weight excluding hydrogens is 901 g/mol. The first-order valence-electron chi connectivity index (χ1n) is 24.9. The molecule has 4 bridgehead atoms. The number of phenols is 1. The van der Waals surface area contributed by atoms with Gasteiger partial charge in [-0.2, -0.15) is 4.57 Å². The lowest BCUT2D eigenvalue weighted by molar-refractivity contribution is -0.572. The van der Waals surface area contributed by atoms with Crippen molar-refractivity contribution in [1.82, 2.24) is 4.98 Å². The smallest absolute Gasteiger partial charge is 0.219 e. The molecule has 73 heavy (non-hydrogen) atoms. The fourth-order valence-corrected chi connectivity index (χ4v) is 9.81. The average Bonchev–Trinajstić information content (AvgIpc) is 3.46. The normalized spacial score (nSPS) is 17.5. The predicted molar refractivity (Wildman–Crippen MR) is 286 cm³/mol. The van der Waals surface area contributed by atoms with Crippen molar-refractivity contribution in [1.29, 1.82) is 0 Å². The minimum absolute atomic E-state index is 0.0362. The highest BCUT2D eigenvalue weighted by atomic mass is 16.5. The van der Waals surface area contributed by atoms with Gasteiger partial charge in [-0.1, -0.05) is 194 Å². The largest absolute Gasteiger partial charge is 0.507 e. The van der Waals surface area contributed by atoms with E-state index in [9.17, 15) is 5.11 Å². The maximum atomic E-state index is 12.8. The number of rotatable bonds is 8. The van der Waals surface area contributed by atoms with Gasteiger partial charge in [-0.25, -0.2) is 0 Å². The van der Waals surface area contributed by atoms with Crippen LogP contribution < -0.4 is 4.57 Å². The number of phenolic OH excluding ortho intramolecular Hbond substituents is 1. The van der Waals surface area contributed by atoms with E-state index in [1.165, 1.54) is 0 Å². The lowest BCUT2D eigenvalue weighted by Gasteiger charge is -2.30. The highest BCUT2D eigenvalue weighted by molar-refractivity contribution is 5.74. The third kappa shape index (κ3) is 10.8. The number of fused-ring (bicyclic) bond motifs is 4. The Balaban J connectivity index is 1.13. The van der Waals surface area contributed by atoms with Gasteiger partial charge in [0.25, 0.3) is 0 Å². The molecule has 1 aliphatic heterocycles. The van der Waals surface area contributed by atoms with Crippen molar-refractivity contribution in [2.24, 2.45) is 0 Å². The van der Waals surface area contributed by atoms with Crippen LogP contribution in [0.1, 0.15) is 69.2 Å². The van der Waals surface area contributed by atoms with Gasteiger partial charge in [0.05, 0.1) is 37.8 Å². The van der Waals surface area contributed by atoms with Crippen LogP contribution in [-0.4, -0.2) is 10.1 Å². The summed E-state index contributed by atoms with van der Waals surface area (Å²) in [6.45, 7) is 0.495. The van der Waals surface area contributed by atoms with E-state index in [1.54, 1.807) is 0 Å². The number of aromatic hydroxyl groups is 1. The number of hydrogen-bond acceptors (Lipinski definition) is 6. The third-order valence-electron chi connectivity index (χ3n) is 13.4. The zero-order valence-electron chi connectivity index (χ0n) is 40.4. The average molecular weight is 956 g/mol. The van der Waals surface area contributed by atoms with Crippen molar-refractivity contribution in [2.75, 3.05) is 0 Å². The molecule has 0 spiro atoms. The van der Waals surface area contributed by atoms with Gasteiger partial charge in [0.15, 0.2) is 0 Å². The van der Waals surface area contributed by atoms with Gasteiger partial charge >= 0.3 is 0 Å². The molecule has 0 saturated carbocycles. The van der Waals surface area contributed by atoms with E-state index in [0.29, 0.717) is 11.1 Å². The quantitative estimate of drug-likeness (QED) is 0.153. The topological polar surface area (TPSA) is 73.9 Å². The highest BCUT2D eigenvalue weighted by Gasteiger charge is 2.32. The Kier molecular flexibility index (Phi) is 14.4. The molecule has 0 unspecified atom stereocenters. The number of nitrogens with zero attached hydrogens (tertiary/aromatic N) is 2. The Morgan fingerprint density at radius 3 is 1.00 bits per heavy atom.